The summed E-state index contributed by atoms with van der Waals surface area (Å²) in [5, 5.41) is 2.98. The van der Waals surface area contributed by atoms with Crippen molar-refractivity contribution in [2.24, 2.45) is 5.92 Å². The summed E-state index contributed by atoms with van der Waals surface area (Å²) in [6, 6.07) is 7.84. The van der Waals surface area contributed by atoms with Crippen molar-refractivity contribution in [3.63, 3.8) is 0 Å². The van der Waals surface area contributed by atoms with Gasteiger partial charge in [-0.2, -0.15) is 0 Å². The zero-order valence-electron chi connectivity index (χ0n) is 15.6. The molecule has 0 spiro atoms. The minimum atomic E-state index is -0.277. The lowest BCUT2D eigenvalue weighted by molar-refractivity contribution is -0.126. The Balaban J connectivity index is 1.49. The molecule has 0 radical (unpaired) electrons. The number of morpholine rings is 1. The van der Waals surface area contributed by atoms with Crippen molar-refractivity contribution < 1.29 is 14.3 Å². The second-order valence-corrected chi connectivity index (χ2v) is 7.06. The van der Waals surface area contributed by atoms with E-state index in [1.54, 1.807) is 4.90 Å². The van der Waals surface area contributed by atoms with Crippen LogP contribution in [0.5, 0.6) is 0 Å². The predicted octanol–water partition coefficient (Wildman–Crippen LogP) is 0.554. The minimum absolute atomic E-state index is 0.0101. The number of amides is 2. The van der Waals surface area contributed by atoms with Gasteiger partial charge in [0.05, 0.1) is 19.1 Å². The number of hydrogen-bond donors (Lipinski definition) is 1. The van der Waals surface area contributed by atoms with E-state index in [0.717, 1.165) is 44.2 Å². The standard InChI is InChI=1S/C19H28N4O3/c1-21(2)16-3-5-17(6-4-16)23-14-15(13-18(23)24)19(25)20-7-8-22-9-11-26-12-10-22/h3-6,15H,7-14H2,1-2H3,(H,20,25). The van der Waals surface area contributed by atoms with Crippen LogP contribution < -0.4 is 15.1 Å². The number of carbonyl (C=O) groups excluding carboxylic acids is 2. The van der Waals surface area contributed by atoms with Crippen molar-refractivity contribution in [1.29, 1.82) is 0 Å². The first kappa shape index (κ1) is 18.7. The molecule has 2 fully saturated rings. The molecule has 1 aromatic carbocycles. The quantitative estimate of drug-likeness (QED) is 0.803. The second-order valence-electron chi connectivity index (χ2n) is 7.06. The molecule has 0 bridgehead atoms. The number of hydrogen-bond acceptors (Lipinski definition) is 5. The van der Waals surface area contributed by atoms with E-state index < -0.39 is 0 Å². The van der Waals surface area contributed by atoms with Gasteiger partial charge in [-0.05, 0) is 24.3 Å². The first-order valence-electron chi connectivity index (χ1n) is 9.20. The molecule has 7 nitrogen and oxygen atoms in total. The number of anilines is 2. The van der Waals surface area contributed by atoms with Gasteiger partial charge in [0.1, 0.15) is 0 Å². The molecule has 1 N–H and O–H groups in total. The lowest BCUT2D eigenvalue weighted by Gasteiger charge is -2.26. The summed E-state index contributed by atoms with van der Waals surface area (Å²) in [5.74, 6) is -0.296. The predicted molar refractivity (Wildman–Crippen MR) is 101 cm³/mol. The Bertz CT molecular complexity index is 626. The molecule has 2 aliphatic rings. The summed E-state index contributed by atoms with van der Waals surface area (Å²) < 4.78 is 5.32. The summed E-state index contributed by atoms with van der Waals surface area (Å²) in [5.41, 5.74) is 1.93. The Morgan fingerprint density at radius 1 is 1.23 bits per heavy atom. The summed E-state index contributed by atoms with van der Waals surface area (Å²) in [4.78, 5) is 30.8. The maximum atomic E-state index is 12.4. The fourth-order valence-corrected chi connectivity index (χ4v) is 3.37. The van der Waals surface area contributed by atoms with Gasteiger partial charge in [-0.25, -0.2) is 0 Å². The SMILES string of the molecule is CN(C)c1ccc(N2CC(C(=O)NCCN3CCOCC3)CC2=O)cc1. The van der Waals surface area contributed by atoms with Crippen LogP contribution in [0.25, 0.3) is 0 Å². The first-order valence-corrected chi connectivity index (χ1v) is 9.20. The van der Waals surface area contributed by atoms with E-state index in [9.17, 15) is 9.59 Å². The summed E-state index contributed by atoms with van der Waals surface area (Å²) in [6.45, 7) is 5.22. The average molecular weight is 360 g/mol. The lowest BCUT2D eigenvalue weighted by atomic mass is 10.1. The molecule has 2 saturated heterocycles. The maximum absolute atomic E-state index is 12.4. The Kier molecular flexibility index (Phi) is 6.11. The molecule has 0 aromatic heterocycles. The van der Waals surface area contributed by atoms with Gasteiger partial charge in [-0.15, -0.1) is 0 Å². The van der Waals surface area contributed by atoms with E-state index in [1.165, 1.54) is 0 Å². The molecule has 2 aliphatic heterocycles. The van der Waals surface area contributed by atoms with E-state index in [2.05, 4.69) is 10.2 Å². The fraction of sp³-hybridized carbons (Fsp3) is 0.579. The van der Waals surface area contributed by atoms with Gasteiger partial charge in [0.25, 0.3) is 0 Å². The van der Waals surface area contributed by atoms with Gasteiger partial charge in [0.2, 0.25) is 11.8 Å². The van der Waals surface area contributed by atoms with Gasteiger partial charge < -0.3 is 19.9 Å². The van der Waals surface area contributed by atoms with E-state index in [0.29, 0.717) is 13.1 Å². The fourth-order valence-electron chi connectivity index (χ4n) is 3.37. The summed E-state index contributed by atoms with van der Waals surface area (Å²) >= 11 is 0. The molecule has 0 saturated carbocycles. The highest BCUT2D eigenvalue weighted by Crippen LogP contribution is 2.26. The molecule has 1 unspecified atom stereocenters. The number of nitrogens with zero attached hydrogens (tertiary/aromatic N) is 3. The zero-order chi connectivity index (χ0) is 18.5. The minimum Gasteiger partial charge on any atom is -0.379 e. The van der Waals surface area contributed by atoms with E-state index in [4.69, 9.17) is 4.74 Å². The third kappa shape index (κ3) is 4.53. The molecule has 7 heteroatoms. The van der Waals surface area contributed by atoms with E-state index in [-0.39, 0.29) is 24.2 Å². The number of ether oxygens (including phenoxy) is 1. The Morgan fingerprint density at radius 2 is 1.92 bits per heavy atom. The van der Waals surface area contributed by atoms with Crippen molar-refractivity contribution in [2.75, 3.05) is 69.8 Å². The van der Waals surface area contributed by atoms with Crippen LogP contribution in [0.1, 0.15) is 6.42 Å². The maximum Gasteiger partial charge on any atom is 0.227 e. The molecule has 26 heavy (non-hydrogen) atoms. The highest BCUT2D eigenvalue weighted by Gasteiger charge is 2.35. The molecule has 2 heterocycles. The van der Waals surface area contributed by atoms with Gasteiger partial charge in [-0.3, -0.25) is 14.5 Å². The first-order chi connectivity index (χ1) is 12.5. The molecule has 2 amide bonds. The monoisotopic (exact) mass is 360 g/mol. The van der Waals surface area contributed by atoms with Gasteiger partial charge in [-0.1, -0.05) is 0 Å². The lowest BCUT2D eigenvalue weighted by Crippen LogP contribution is -2.42. The third-order valence-corrected chi connectivity index (χ3v) is 5.00. The van der Waals surface area contributed by atoms with E-state index in [1.807, 2.05) is 43.3 Å². The van der Waals surface area contributed by atoms with Crippen LogP contribution in [0.4, 0.5) is 11.4 Å². The molecule has 0 aliphatic carbocycles. The van der Waals surface area contributed by atoms with Crippen molar-refractivity contribution in [3.05, 3.63) is 24.3 Å². The largest absolute Gasteiger partial charge is 0.379 e. The average Bonchev–Trinajstić information content (AvgIpc) is 3.04. The number of nitrogens with one attached hydrogen (secondary N) is 1. The van der Waals surface area contributed by atoms with Crippen LogP contribution >= 0.6 is 0 Å². The zero-order valence-corrected chi connectivity index (χ0v) is 15.6. The second kappa shape index (κ2) is 8.51. The van der Waals surface area contributed by atoms with Crippen LogP contribution in [0, 0.1) is 5.92 Å². The molecule has 3 rings (SSSR count). The van der Waals surface area contributed by atoms with Crippen molar-refractivity contribution >= 4 is 23.2 Å². The Morgan fingerprint density at radius 3 is 2.58 bits per heavy atom. The molecule has 142 valence electrons. The molecule has 1 atom stereocenters. The van der Waals surface area contributed by atoms with Crippen molar-refractivity contribution in [3.8, 4) is 0 Å². The number of carbonyl (C=O) groups is 2. The van der Waals surface area contributed by atoms with Crippen LogP contribution in [0.2, 0.25) is 0 Å². The number of rotatable bonds is 6. The van der Waals surface area contributed by atoms with Gasteiger partial charge >= 0.3 is 0 Å². The highest BCUT2D eigenvalue weighted by molar-refractivity contribution is 6.00. The molecule has 1 aromatic rings. The topological polar surface area (TPSA) is 65.1 Å². The summed E-state index contributed by atoms with van der Waals surface area (Å²) in [6.07, 6.45) is 0.277. The van der Waals surface area contributed by atoms with Gasteiger partial charge in [0, 0.05) is 64.6 Å². The Hall–Kier alpha value is -2.12. The summed E-state index contributed by atoms with van der Waals surface area (Å²) in [7, 11) is 3.96. The van der Waals surface area contributed by atoms with Crippen molar-refractivity contribution in [1.82, 2.24) is 10.2 Å². The smallest absolute Gasteiger partial charge is 0.227 e. The van der Waals surface area contributed by atoms with Gasteiger partial charge in [0.15, 0.2) is 0 Å². The Labute approximate surface area is 154 Å². The molecular weight excluding hydrogens is 332 g/mol. The van der Waals surface area contributed by atoms with Crippen LogP contribution in [0.15, 0.2) is 24.3 Å². The normalized spacial score (nSPS) is 21.1. The van der Waals surface area contributed by atoms with E-state index >= 15 is 0 Å². The third-order valence-electron chi connectivity index (χ3n) is 5.00. The van der Waals surface area contributed by atoms with Crippen LogP contribution in [-0.4, -0.2) is 76.7 Å². The van der Waals surface area contributed by atoms with Crippen LogP contribution in [0.3, 0.4) is 0 Å². The highest BCUT2D eigenvalue weighted by atomic mass is 16.5. The van der Waals surface area contributed by atoms with Crippen molar-refractivity contribution in [2.45, 2.75) is 6.42 Å². The van der Waals surface area contributed by atoms with Crippen LogP contribution in [-0.2, 0) is 14.3 Å². The molecular formula is C19H28N4O3. The number of benzene rings is 1.